The maximum Gasteiger partial charge on any atom is 0.187 e. The van der Waals surface area contributed by atoms with Crippen LogP contribution in [-0.2, 0) is 14.2 Å². The van der Waals surface area contributed by atoms with Crippen LogP contribution >= 0.6 is 0 Å². The van der Waals surface area contributed by atoms with Crippen LogP contribution in [-0.4, -0.2) is 115 Å². The minimum atomic E-state index is -1.76. The van der Waals surface area contributed by atoms with Crippen molar-refractivity contribution < 1.29 is 55.1 Å². The van der Waals surface area contributed by atoms with E-state index >= 15 is 0 Å². The van der Waals surface area contributed by atoms with Gasteiger partial charge in [0.1, 0.15) is 48.8 Å². The summed E-state index contributed by atoms with van der Waals surface area (Å²) < 4.78 is 15.1. The molecule has 0 aromatic rings. The lowest BCUT2D eigenvalue weighted by atomic mass is 9.97. The average Bonchev–Trinajstić information content (AvgIpc) is 2.54. The van der Waals surface area contributed by atoms with Crippen LogP contribution in [0.1, 0.15) is 0 Å². The first-order valence-electron chi connectivity index (χ1n) is 7.08. The Balaban J connectivity index is 2.11. The lowest BCUT2D eigenvalue weighted by molar-refractivity contribution is -0.355. The third-order valence-corrected chi connectivity index (χ3v) is 3.98. The largest absolute Gasteiger partial charge is 0.394 e. The Morgan fingerprint density at radius 1 is 0.652 bits per heavy atom. The second kappa shape index (κ2) is 7.63. The van der Waals surface area contributed by atoms with Crippen LogP contribution in [0, 0.1) is 0 Å². The molecule has 0 unspecified atom stereocenters. The fraction of sp³-hybridized carbons (Fsp3) is 1.00. The van der Waals surface area contributed by atoms with E-state index < -0.39 is 74.6 Å². The van der Waals surface area contributed by atoms with Crippen molar-refractivity contribution in [2.45, 2.75) is 61.4 Å². The highest BCUT2D eigenvalue weighted by Crippen LogP contribution is 2.28. The normalized spacial score (nSPS) is 51.7. The zero-order chi connectivity index (χ0) is 17.3. The molecule has 0 aromatic heterocycles. The molecule has 23 heavy (non-hydrogen) atoms. The SMILES string of the molecule is OC[C@H]1O[C@H](O[C@@H]2[C@@H](O)[C@H](O)O[C@H](CO)[C@H]2O)[C@H](O)[C@@H](O)[C@H]1O. The average molecular weight is 342 g/mol. The molecule has 0 amide bonds. The van der Waals surface area contributed by atoms with E-state index in [0.717, 1.165) is 0 Å². The fourth-order valence-corrected chi connectivity index (χ4v) is 2.56. The summed E-state index contributed by atoms with van der Waals surface area (Å²) in [6, 6.07) is 0. The molecular formula is C12H22O11. The van der Waals surface area contributed by atoms with Crippen LogP contribution in [0.25, 0.3) is 0 Å². The molecule has 2 heterocycles. The van der Waals surface area contributed by atoms with E-state index in [1.807, 2.05) is 0 Å². The maximum atomic E-state index is 10.00. The zero-order valence-corrected chi connectivity index (χ0v) is 12.0. The summed E-state index contributed by atoms with van der Waals surface area (Å²) in [5, 5.41) is 76.8. The topological polar surface area (TPSA) is 190 Å². The van der Waals surface area contributed by atoms with Gasteiger partial charge in [0, 0.05) is 0 Å². The van der Waals surface area contributed by atoms with E-state index in [0.29, 0.717) is 0 Å². The minimum absolute atomic E-state index is 0.667. The zero-order valence-electron chi connectivity index (χ0n) is 12.0. The summed E-state index contributed by atoms with van der Waals surface area (Å²) in [5.74, 6) is 0. The van der Waals surface area contributed by atoms with Gasteiger partial charge in [0.25, 0.3) is 0 Å². The van der Waals surface area contributed by atoms with Crippen molar-refractivity contribution in [3.8, 4) is 0 Å². The molecule has 0 bridgehead atoms. The molecule has 2 aliphatic heterocycles. The van der Waals surface area contributed by atoms with Crippen molar-refractivity contribution in [2.75, 3.05) is 13.2 Å². The van der Waals surface area contributed by atoms with Gasteiger partial charge >= 0.3 is 0 Å². The third kappa shape index (κ3) is 3.65. The van der Waals surface area contributed by atoms with E-state index in [4.69, 9.17) is 24.4 Å². The number of ether oxygens (including phenoxy) is 3. The number of aliphatic hydroxyl groups is 8. The lowest BCUT2D eigenvalue weighted by Crippen LogP contribution is -2.64. The van der Waals surface area contributed by atoms with Gasteiger partial charge in [0.05, 0.1) is 13.2 Å². The van der Waals surface area contributed by atoms with Gasteiger partial charge in [-0.15, -0.1) is 0 Å². The highest BCUT2D eigenvalue weighted by atomic mass is 16.7. The number of aliphatic hydroxyl groups excluding tert-OH is 8. The predicted octanol–water partition coefficient (Wildman–Crippen LogP) is -5.40. The summed E-state index contributed by atoms with van der Waals surface area (Å²) in [4.78, 5) is 0. The molecule has 2 aliphatic rings. The molecule has 11 heteroatoms. The first kappa shape index (κ1) is 18.9. The maximum absolute atomic E-state index is 10.00. The summed E-state index contributed by atoms with van der Waals surface area (Å²) in [6.07, 6.45) is -15.7. The van der Waals surface area contributed by atoms with Crippen molar-refractivity contribution in [3.05, 3.63) is 0 Å². The van der Waals surface area contributed by atoms with Gasteiger partial charge in [-0.3, -0.25) is 0 Å². The van der Waals surface area contributed by atoms with Gasteiger partial charge in [-0.25, -0.2) is 0 Å². The van der Waals surface area contributed by atoms with E-state index in [-0.39, 0.29) is 0 Å². The molecule has 0 spiro atoms. The Labute approximate surface area is 130 Å². The molecule has 10 atom stereocenters. The van der Waals surface area contributed by atoms with E-state index in [9.17, 15) is 30.6 Å². The Morgan fingerprint density at radius 2 is 1.22 bits per heavy atom. The lowest BCUT2D eigenvalue weighted by Gasteiger charge is -2.45. The molecule has 0 aliphatic carbocycles. The van der Waals surface area contributed by atoms with Gasteiger partial charge in [-0.1, -0.05) is 0 Å². The molecule has 8 N–H and O–H groups in total. The quantitative estimate of drug-likeness (QED) is 0.243. The van der Waals surface area contributed by atoms with Gasteiger partial charge in [0.2, 0.25) is 0 Å². The Bertz CT molecular complexity index is 380. The van der Waals surface area contributed by atoms with Gasteiger partial charge in [0.15, 0.2) is 12.6 Å². The summed E-state index contributed by atoms with van der Waals surface area (Å²) in [6.45, 7) is -1.34. The predicted molar refractivity (Wildman–Crippen MR) is 68.6 cm³/mol. The smallest absolute Gasteiger partial charge is 0.187 e. The minimum Gasteiger partial charge on any atom is -0.394 e. The number of hydrogen-bond donors (Lipinski definition) is 8. The molecule has 136 valence electrons. The molecule has 0 saturated carbocycles. The van der Waals surface area contributed by atoms with Gasteiger partial charge in [-0.05, 0) is 0 Å². The van der Waals surface area contributed by atoms with E-state index in [1.165, 1.54) is 0 Å². The van der Waals surface area contributed by atoms with Gasteiger partial charge < -0.3 is 55.1 Å². The van der Waals surface area contributed by atoms with Crippen molar-refractivity contribution in [2.24, 2.45) is 0 Å². The van der Waals surface area contributed by atoms with Gasteiger partial charge in [-0.2, -0.15) is 0 Å². The molecule has 2 fully saturated rings. The monoisotopic (exact) mass is 342 g/mol. The first-order chi connectivity index (χ1) is 10.8. The Kier molecular flexibility index (Phi) is 6.27. The van der Waals surface area contributed by atoms with Crippen molar-refractivity contribution >= 4 is 0 Å². The molecule has 0 radical (unpaired) electrons. The first-order valence-corrected chi connectivity index (χ1v) is 7.08. The van der Waals surface area contributed by atoms with Crippen LogP contribution < -0.4 is 0 Å². The summed E-state index contributed by atoms with van der Waals surface area (Å²) in [5.41, 5.74) is 0. The number of hydrogen-bond acceptors (Lipinski definition) is 11. The van der Waals surface area contributed by atoms with Crippen molar-refractivity contribution in [1.29, 1.82) is 0 Å². The highest BCUT2D eigenvalue weighted by molar-refractivity contribution is 4.93. The van der Waals surface area contributed by atoms with Crippen LogP contribution in [0.2, 0.25) is 0 Å². The molecule has 2 saturated heterocycles. The number of rotatable bonds is 4. The van der Waals surface area contributed by atoms with Crippen molar-refractivity contribution in [3.63, 3.8) is 0 Å². The van der Waals surface area contributed by atoms with Crippen molar-refractivity contribution in [1.82, 2.24) is 0 Å². The Hall–Kier alpha value is -0.440. The summed E-state index contributed by atoms with van der Waals surface area (Å²) in [7, 11) is 0. The van der Waals surface area contributed by atoms with E-state index in [1.54, 1.807) is 0 Å². The Morgan fingerprint density at radius 3 is 1.78 bits per heavy atom. The van der Waals surface area contributed by atoms with Crippen LogP contribution in [0.15, 0.2) is 0 Å². The van der Waals surface area contributed by atoms with Crippen LogP contribution in [0.3, 0.4) is 0 Å². The summed E-state index contributed by atoms with van der Waals surface area (Å²) >= 11 is 0. The fourth-order valence-electron chi connectivity index (χ4n) is 2.56. The van der Waals surface area contributed by atoms with E-state index in [2.05, 4.69) is 0 Å². The standard InChI is InChI=1S/C12H22O11/c13-1-3-5(15)7(17)8(18)12(22-3)23-10-6(16)4(2-14)21-11(20)9(10)19/h3-20H,1-2H2/t3-,4-,5+,6-,7+,8-,9-,10+,11-,12-/m1/s1. The molecule has 0 aromatic carbocycles. The third-order valence-electron chi connectivity index (χ3n) is 3.98. The molecular weight excluding hydrogens is 320 g/mol. The molecule has 2 rings (SSSR count). The molecule has 11 nitrogen and oxygen atoms in total. The second-order valence-electron chi connectivity index (χ2n) is 5.53. The highest BCUT2D eigenvalue weighted by Gasteiger charge is 2.50. The van der Waals surface area contributed by atoms with Crippen LogP contribution in [0.5, 0.6) is 0 Å². The van der Waals surface area contributed by atoms with Crippen LogP contribution in [0.4, 0.5) is 0 Å². The second-order valence-corrected chi connectivity index (χ2v) is 5.53.